The Labute approximate surface area is 172 Å². The summed E-state index contributed by atoms with van der Waals surface area (Å²) < 4.78 is 3.20. The van der Waals surface area contributed by atoms with Gasteiger partial charge in [-0.3, -0.25) is 4.99 Å². The first-order valence-electron chi connectivity index (χ1n) is 8.32. The Balaban J connectivity index is 0.00000529. The van der Waals surface area contributed by atoms with E-state index in [0.29, 0.717) is 6.54 Å². The van der Waals surface area contributed by atoms with Gasteiger partial charge in [0.05, 0.1) is 19.7 Å². The lowest BCUT2D eigenvalue weighted by Gasteiger charge is -2.29. The molecule has 0 aliphatic rings. The maximum absolute atomic E-state index is 9.72. The number of guanidine groups is 1. The Morgan fingerprint density at radius 1 is 1.38 bits per heavy atom. The van der Waals surface area contributed by atoms with Gasteiger partial charge in [0.25, 0.3) is 0 Å². The highest BCUT2D eigenvalue weighted by Gasteiger charge is 2.25. The summed E-state index contributed by atoms with van der Waals surface area (Å²) >= 11 is 3.51. The molecule has 0 unspecified atom stereocenters. The summed E-state index contributed by atoms with van der Waals surface area (Å²) in [6, 6.07) is 2.12. The molecule has 0 aliphatic carbocycles. The fourth-order valence-corrected chi connectivity index (χ4v) is 3.07. The van der Waals surface area contributed by atoms with Crippen LogP contribution in [-0.4, -0.2) is 47.3 Å². The molecule has 0 saturated carbocycles. The van der Waals surface area contributed by atoms with Gasteiger partial charge >= 0.3 is 0 Å². The van der Waals surface area contributed by atoms with Crippen LogP contribution >= 0.6 is 39.9 Å². The predicted octanol–water partition coefficient (Wildman–Crippen LogP) is 3.60. The van der Waals surface area contributed by atoms with E-state index in [-0.39, 0.29) is 36.0 Å². The second-order valence-corrected chi connectivity index (χ2v) is 7.07. The summed E-state index contributed by atoms with van der Waals surface area (Å²) in [5.74, 6) is 0.879. The van der Waals surface area contributed by atoms with E-state index in [1.54, 1.807) is 0 Å². The zero-order valence-corrected chi connectivity index (χ0v) is 19.4. The highest BCUT2D eigenvalue weighted by Crippen LogP contribution is 2.26. The minimum absolute atomic E-state index is 0. The number of halogens is 2. The van der Waals surface area contributed by atoms with Crippen LogP contribution in [0.15, 0.2) is 21.7 Å². The molecular formula is C17H32BrIN4O. The molecule has 140 valence electrons. The molecular weight excluding hydrogens is 483 g/mol. The molecule has 24 heavy (non-hydrogen) atoms. The first-order valence-corrected chi connectivity index (χ1v) is 9.11. The van der Waals surface area contributed by atoms with E-state index in [9.17, 15) is 5.11 Å². The van der Waals surface area contributed by atoms with Gasteiger partial charge in [0, 0.05) is 42.4 Å². The van der Waals surface area contributed by atoms with Crippen molar-refractivity contribution in [2.24, 2.45) is 17.5 Å². The van der Waals surface area contributed by atoms with Gasteiger partial charge in [-0.2, -0.15) is 0 Å². The fourth-order valence-electron chi connectivity index (χ4n) is 2.50. The highest BCUT2D eigenvalue weighted by molar-refractivity contribution is 14.0. The lowest BCUT2D eigenvalue weighted by Crippen LogP contribution is -2.40. The zero-order valence-electron chi connectivity index (χ0n) is 15.5. The van der Waals surface area contributed by atoms with Crippen LogP contribution in [0.5, 0.6) is 0 Å². The average molecular weight is 515 g/mol. The maximum Gasteiger partial charge on any atom is 0.194 e. The monoisotopic (exact) mass is 514 g/mol. The Morgan fingerprint density at radius 2 is 2.00 bits per heavy atom. The summed E-state index contributed by atoms with van der Waals surface area (Å²) in [6.45, 7) is 8.72. The molecule has 2 N–H and O–H groups in total. The molecule has 0 bridgehead atoms. The van der Waals surface area contributed by atoms with Gasteiger partial charge in [-0.05, 0) is 41.8 Å². The number of hydrogen-bond acceptors (Lipinski definition) is 2. The SMILES string of the molecule is CCNC(=NCC(CC)(CC)CO)N(C)Cc1cc(Br)cn1C.I. The number of rotatable bonds is 8. The molecule has 1 aromatic rings. The van der Waals surface area contributed by atoms with E-state index in [0.717, 1.165) is 36.4 Å². The molecule has 0 atom stereocenters. The largest absolute Gasteiger partial charge is 0.396 e. The van der Waals surface area contributed by atoms with Crippen LogP contribution in [0.3, 0.4) is 0 Å². The number of hydrogen-bond donors (Lipinski definition) is 2. The van der Waals surface area contributed by atoms with E-state index in [1.807, 2.05) is 14.1 Å². The molecule has 1 rings (SSSR count). The first kappa shape index (κ1) is 23.7. The lowest BCUT2D eigenvalue weighted by molar-refractivity contribution is 0.123. The van der Waals surface area contributed by atoms with Gasteiger partial charge in [0.15, 0.2) is 5.96 Å². The van der Waals surface area contributed by atoms with Crippen molar-refractivity contribution in [1.82, 2.24) is 14.8 Å². The number of aliphatic hydroxyl groups is 1. The summed E-state index contributed by atoms with van der Waals surface area (Å²) in [5, 5.41) is 13.1. The second-order valence-electron chi connectivity index (χ2n) is 6.15. The van der Waals surface area contributed by atoms with Gasteiger partial charge in [-0.1, -0.05) is 13.8 Å². The summed E-state index contributed by atoms with van der Waals surface area (Å²) in [5.41, 5.74) is 1.10. The average Bonchev–Trinajstić information content (AvgIpc) is 2.85. The molecule has 1 aromatic heterocycles. The molecule has 5 nitrogen and oxygen atoms in total. The first-order chi connectivity index (χ1) is 10.9. The van der Waals surface area contributed by atoms with Crippen molar-refractivity contribution in [2.75, 3.05) is 26.7 Å². The molecule has 0 amide bonds. The van der Waals surface area contributed by atoms with Crippen molar-refractivity contribution in [3.8, 4) is 0 Å². The third-order valence-electron chi connectivity index (χ3n) is 4.57. The van der Waals surface area contributed by atoms with E-state index in [1.165, 1.54) is 5.69 Å². The minimum Gasteiger partial charge on any atom is -0.396 e. The smallest absolute Gasteiger partial charge is 0.194 e. The van der Waals surface area contributed by atoms with Crippen LogP contribution in [0, 0.1) is 5.41 Å². The van der Waals surface area contributed by atoms with Gasteiger partial charge in [-0.25, -0.2) is 0 Å². The molecule has 0 aromatic carbocycles. The third kappa shape index (κ3) is 6.55. The maximum atomic E-state index is 9.72. The normalized spacial score (nSPS) is 12.0. The van der Waals surface area contributed by atoms with E-state index < -0.39 is 0 Å². The van der Waals surface area contributed by atoms with Gasteiger partial charge in [0.1, 0.15) is 0 Å². The van der Waals surface area contributed by atoms with Crippen LogP contribution in [0.4, 0.5) is 0 Å². The molecule has 0 spiro atoms. The van der Waals surface area contributed by atoms with Crippen LogP contribution in [0.2, 0.25) is 0 Å². The van der Waals surface area contributed by atoms with Crippen molar-refractivity contribution in [3.63, 3.8) is 0 Å². The molecule has 0 radical (unpaired) electrons. The summed E-state index contributed by atoms with van der Waals surface area (Å²) in [7, 11) is 4.09. The van der Waals surface area contributed by atoms with Gasteiger partial charge in [0.2, 0.25) is 0 Å². The van der Waals surface area contributed by atoms with Gasteiger partial charge in [-0.15, -0.1) is 24.0 Å². The standard InChI is InChI=1S/C17H31BrN4O.HI/c1-6-17(7-2,13-23)12-20-16(19-8-3)22(5)11-15-9-14(18)10-21(15)4;/h9-10,23H,6-8,11-13H2,1-5H3,(H,19,20);1H. The topological polar surface area (TPSA) is 52.8 Å². The number of aliphatic hydroxyl groups excluding tert-OH is 1. The molecule has 7 heteroatoms. The summed E-state index contributed by atoms with van der Waals surface area (Å²) in [6.07, 6.45) is 3.91. The molecule has 0 fully saturated rings. The number of nitrogens with zero attached hydrogens (tertiary/aromatic N) is 3. The van der Waals surface area contributed by atoms with Crippen molar-refractivity contribution in [1.29, 1.82) is 0 Å². The van der Waals surface area contributed by atoms with Crippen molar-refractivity contribution >= 4 is 45.9 Å². The van der Waals surface area contributed by atoms with E-state index in [4.69, 9.17) is 4.99 Å². The van der Waals surface area contributed by atoms with Crippen molar-refractivity contribution in [2.45, 2.75) is 40.2 Å². The van der Waals surface area contributed by atoms with Crippen LogP contribution < -0.4 is 5.32 Å². The Bertz CT molecular complexity index is 506. The number of aromatic nitrogens is 1. The van der Waals surface area contributed by atoms with Crippen LogP contribution in [-0.2, 0) is 13.6 Å². The fraction of sp³-hybridized carbons (Fsp3) is 0.706. The highest BCUT2D eigenvalue weighted by atomic mass is 127. The van der Waals surface area contributed by atoms with Crippen LogP contribution in [0.1, 0.15) is 39.3 Å². The molecule has 0 saturated heterocycles. The zero-order chi connectivity index (χ0) is 17.5. The Kier molecular flexibility index (Phi) is 11.2. The molecule has 1 heterocycles. The second kappa shape index (κ2) is 11.4. The minimum atomic E-state index is -0.116. The number of aryl methyl sites for hydroxylation is 1. The Morgan fingerprint density at radius 3 is 2.42 bits per heavy atom. The number of nitrogens with one attached hydrogen (secondary N) is 1. The van der Waals surface area contributed by atoms with Crippen LogP contribution in [0.25, 0.3) is 0 Å². The molecule has 0 aliphatic heterocycles. The number of aliphatic imine (C=N–C) groups is 1. The lowest BCUT2D eigenvalue weighted by atomic mass is 9.83. The Hall–Kier alpha value is -0.280. The van der Waals surface area contributed by atoms with E-state index in [2.05, 4.69) is 63.7 Å². The van der Waals surface area contributed by atoms with Gasteiger partial charge < -0.3 is 19.9 Å². The van der Waals surface area contributed by atoms with Crippen molar-refractivity contribution < 1.29 is 5.11 Å². The third-order valence-corrected chi connectivity index (χ3v) is 5.00. The summed E-state index contributed by atoms with van der Waals surface area (Å²) in [4.78, 5) is 6.91. The predicted molar refractivity (Wildman–Crippen MR) is 116 cm³/mol. The van der Waals surface area contributed by atoms with Crippen molar-refractivity contribution in [3.05, 3.63) is 22.4 Å². The van der Waals surface area contributed by atoms with E-state index >= 15 is 0 Å². The quantitative estimate of drug-likeness (QED) is 0.316.